The number of methoxy groups -OCH3 is 1. The molecule has 1 rings (SSSR count). The number of ether oxygens (including phenoxy) is 1. The number of aromatic nitrogens is 1. The molecule has 0 aliphatic heterocycles. The van der Waals surface area contributed by atoms with Crippen LogP contribution in [0.4, 0.5) is 0 Å². The molecular weight excluding hydrogens is 213 g/mol. The first-order chi connectivity index (χ1) is 5.72. The molecule has 0 saturated carbocycles. The molecule has 12 heavy (non-hydrogen) atoms. The summed E-state index contributed by atoms with van der Waals surface area (Å²) >= 11 is 2.63. The van der Waals surface area contributed by atoms with E-state index in [-0.39, 0.29) is 0 Å². The minimum absolute atomic E-state index is 0.618. The normalized spacial score (nSPS) is 12.6. The van der Waals surface area contributed by atoms with E-state index in [4.69, 9.17) is 4.74 Å². The van der Waals surface area contributed by atoms with Crippen molar-refractivity contribution >= 4 is 16.9 Å². The Kier molecular flexibility index (Phi) is 3.61. The zero-order valence-electron chi connectivity index (χ0n) is 7.32. The standard InChI is InChI=1S/C9H12AsNO/c1-7(10)5-8-3-4-9(12-2)11-6-8/h3-4,6-7H,5H2,1-2H3. The molecule has 2 nitrogen and oxygen atoms in total. The van der Waals surface area contributed by atoms with Crippen molar-refractivity contribution in [3.8, 4) is 5.88 Å². The number of hydrogen-bond acceptors (Lipinski definition) is 2. The van der Waals surface area contributed by atoms with Crippen molar-refractivity contribution in [1.82, 2.24) is 4.98 Å². The van der Waals surface area contributed by atoms with Crippen LogP contribution in [0.15, 0.2) is 18.3 Å². The van der Waals surface area contributed by atoms with Crippen LogP contribution in [0.3, 0.4) is 0 Å². The second-order valence-electron chi connectivity index (χ2n) is 2.76. The summed E-state index contributed by atoms with van der Waals surface area (Å²) in [6, 6.07) is 3.94. The van der Waals surface area contributed by atoms with Crippen molar-refractivity contribution in [1.29, 1.82) is 0 Å². The van der Waals surface area contributed by atoms with Gasteiger partial charge in [0.25, 0.3) is 0 Å². The molecule has 2 radical (unpaired) electrons. The van der Waals surface area contributed by atoms with E-state index in [9.17, 15) is 0 Å². The number of nitrogens with zero attached hydrogens (tertiary/aromatic N) is 1. The van der Waals surface area contributed by atoms with Gasteiger partial charge in [0.2, 0.25) is 0 Å². The fourth-order valence-corrected chi connectivity index (χ4v) is 1.44. The van der Waals surface area contributed by atoms with Crippen molar-refractivity contribution in [2.45, 2.75) is 18.1 Å². The molecule has 0 amide bonds. The van der Waals surface area contributed by atoms with Gasteiger partial charge in [-0.3, -0.25) is 0 Å². The van der Waals surface area contributed by atoms with E-state index in [1.165, 1.54) is 5.56 Å². The molecule has 64 valence electrons. The summed E-state index contributed by atoms with van der Waals surface area (Å²) in [6.45, 7) is 2.17. The van der Waals surface area contributed by atoms with Crippen molar-refractivity contribution < 1.29 is 4.74 Å². The molecular formula is C9H12AsNO. The summed E-state index contributed by atoms with van der Waals surface area (Å²) in [5.41, 5.74) is 1.25. The van der Waals surface area contributed by atoms with E-state index in [1.807, 2.05) is 12.3 Å². The third-order valence-corrected chi connectivity index (χ3v) is 1.92. The van der Waals surface area contributed by atoms with Crippen LogP contribution in [-0.2, 0) is 6.42 Å². The molecule has 0 aromatic carbocycles. The third-order valence-electron chi connectivity index (χ3n) is 1.54. The van der Waals surface area contributed by atoms with E-state index >= 15 is 0 Å². The van der Waals surface area contributed by atoms with Gasteiger partial charge in [-0.2, -0.15) is 0 Å². The molecule has 1 aromatic rings. The molecule has 0 aliphatic carbocycles. The predicted octanol–water partition coefficient (Wildman–Crippen LogP) is 1.61. The van der Waals surface area contributed by atoms with Crippen LogP contribution in [0, 0.1) is 0 Å². The number of hydrogen-bond donors (Lipinski definition) is 0. The monoisotopic (exact) mass is 225 g/mol. The Bertz CT molecular complexity index is 233. The Morgan fingerprint density at radius 2 is 2.33 bits per heavy atom. The summed E-state index contributed by atoms with van der Waals surface area (Å²) in [4.78, 5) is 4.12. The maximum absolute atomic E-state index is 4.96. The van der Waals surface area contributed by atoms with Crippen molar-refractivity contribution in [2.24, 2.45) is 0 Å². The summed E-state index contributed by atoms with van der Waals surface area (Å²) in [5, 5.41) is 0. The van der Waals surface area contributed by atoms with Crippen LogP contribution in [0.2, 0.25) is 4.71 Å². The molecule has 0 spiro atoms. The predicted molar refractivity (Wildman–Crippen MR) is 49.7 cm³/mol. The summed E-state index contributed by atoms with van der Waals surface area (Å²) in [5.74, 6) is 0.678. The Morgan fingerprint density at radius 1 is 1.58 bits per heavy atom. The van der Waals surface area contributed by atoms with E-state index in [0.717, 1.165) is 6.42 Å². The number of rotatable bonds is 3. The second-order valence-corrected chi connectivity index (χ2v) is 4.61. The van der Waals surface area contributed by atoms with Gasteiger partial charge < -0.3 is 0 Å². The molecule has 3 heteroatoms. The first kappa shape index (κ1) is 9.60. The third kappa shape index (κ3) is 2.86. The summed E-state index contributed by atoms with van der Waals surface area (Å²) in [6.07, 6.45) is 2.92. The van der Waals surface area contributed by atoms with Gasteiger partial charge in [0.05, 0.1) is 0 Å². The molecule has 0 bridgehead atoms. The average molecular weight is 225 g/mol. The fraction of sp³-hybridized carbons (Fsp3) is 0.444. The van der Waals surface area contributed by atoms with Gasteiger partial charge in [0, 0.05) is 0 Å². The van der Waals surface area contributed by atoms with Gasteiger partial charge in [-0.05, 0) is 0 Å². The van der Waals surface area contributed by atoms with Crippen LogP contribution in [0.25, 0.3) is 0 Å². The average Bonchev–Trinajstić information content (AvgIpc) is 2.05. The van der Waals surface area contributed by atoms with Gasteiger partial charge in [-0.1, -0.05) is 0 Å². The van der Waals surface area contributed by atoms with Crippen molar-refractivity contribution in [2.75, 3.05) is 7.11 Å². The Morgan fingerprint density at radius 3 is 2.75 bits per heavy atom. The first-order valence-electron chi connectivity index (χ1n) is 3.89. The van der Waals surface area contributed by atoms with Crippen LogP contribution in [0.1, 0.15) is 12.5 Å². The summed E-state index contributed by atoms with van der Waals surface area (Å²) in [7, 11) is 1.63. The van der Waals surface area contributed by atoms with Crippen LogP contribution < -0.4 is 4.74 Å². The van der Waals surface area contributed by atoms with Crippen LogP contribution in [-0.4, -0.2) is 28.9 Å². The zero-order chi connectivity index (χ0) is 8.97. The Labute approximate surface area is 81.8 Å². The quantitative estimate of drug-likeness (QED) is 0.729. The van der Waals surface area contributed by atoms with Crippen LogP contribution in [0.5, 0.6) is 5.88 Å². The SMILES string of the molecule is COc1ccc(CC(C)[As])cn1. The molecule has 1 unspecified atom stereocenters. The molecule has 1 atom stereocenters. The summed E-state index contributed by atoms with van der Waals surface area (Å²) < 4.78 is 5.58. The van der Waals surface area contributed by atoms with Crippen molar-refractivity contribution in [3.63, 3.8) is 0 Å². The van der Waals surface area contributed by atoms with Gasteiger partial charge in [0.15, 0.2) is 0 Å². The van der Waals surface area contributed by atoms with E-state index in [1.54, 1.807) is 7.11 Å². The van der Waals surface area contributed by atoms with Gasteiger partial charge in [-0.15, -0.1) is 0 Å². The molecule has 1 aromatic heterocycles. The fourth-order valence-electron chi connectivity index (χ4n) is 0.994. The Hall–Kier alpha value is -0.492. The molecule has 0 N–H and O–H groups in total. The Balaban J connectivity index is 2.65. The molecule has 1 heterocycles. The van der Waals surface area contributed by atoms with E-state index in [0.29, 0.717) is 10.6 Å². The molecule has 0 fully saturated rings. The topological polar surface area (TPSA) is 22.1 Å². The second kappa shape index (κ2) is 4.51. The maximum atomic E-state index is 4.96. The number of pyridine rings is 1. The molecule has 0 aliphatic rings. The van der Waals surface area contributed by atoms with E-state index < -0.39 is 0 Å². The minimum atomic E-state index is 0.618. The molecule has 0 saturated heterocycles. The van der Waals surface area contributed by atoms with Crippen molar-refractivity contribution in [3.05, 3.63) is 23.9 Å². The van der Waals surface area contributed by atoms with Crippen LogP contribution >= 0.6 is 0 Å². The van der Waals surface area contributed by atoms with Gasteiger partial charge >= 0.3 is 81.5 Å². The van der Waals surface area contributed by atoms with Gasteiger partial charge in [-0.25, -0.2) is 0 Å². The zero-order valence-corrected chi connectivity index (χ0v) is 9.20. The first-order valence-corrected chi connectivity index (χ1v) is 4.97. The van der Waals surface area contributed by atoms with Gasteiger partial charge in [0.1, 0.15) is 0 Å². The van der Waals surface area contributed by atoms with E-state index in [2.05, 4.69) is 34.8 Å².